The van der Waals surface area contributed by atoms with Crippen molar-refractivity contribution in [3.63, 3.8) is 0 Å². The van der Waals surface area contributed by atoms with Gasteiger partial charge in [0.1, 0.15) is 0 Å². The molecule has 2 aromatic rings. The van der Waals surface area contributed by atoms with Gasteiger partial charge in [0.15, 0.2) is 5.75 Å². The molecule has 0 radical (unpaired) electrons. The van der Waals surface area contributed by atoms with Gasteiger partial charge >= 0.3 is 13.1 Å². The number of ether oxygens (including phenoxy) is 1. The average molecular weight is 345 g/mol. The zero-order valence-electron chi connectivity index (χ0n) is 10.4. The van der Waals surface area contributed by atoms with Gasteiger partial charge in [-0.15, -0.1) is 0 Å². The Hall–Kier alpha value is -1.24. The normalized spacial score (nSPS) is 10.3. The highest BCUT2D eigenvalue weighted by molar-refractivity contribution is 6.58. The van der Waals surface area contributed by atoms with E-state index in [-0.39, 0.29) is 31.8 Å². The van der Waals surface area contributed by atoms with E-state index in [2.05, 4.69) is 0 Å². The van der Waals surface area contributed by atoms with Gasteiger partial charge in [-0.05, 0) is 29.7 Å². The van der Waals surface area contributed by atoms with Crippen LogP contribution in [0.1, 0.15) is 10.4 Å². The minimum absolute atomic E-state index is 0.0110. The first-order valence-electron chi connectivity index (χ1n) is 5.72. The molecule has 0 aliphatic heterocycles. The number of carbonyl (C=O) groups excluding carboxylic acids is 1. The number of carbonyl (C=O) groups is 1. The van der Waals surface area contributed by atoms with Gasteiger partial charge in [0.2, 0.25) is 0 Å². The third-order valence-corrected chi connectivity index (χ3v) is 3.55. The highest BCUT2D eigenvalue weighted by atomic mass is 35.5. The van der Waals surface area contributed by atoms with E-state index < -0.39 is 13.1 Å². The van der Waals surface area contributed by atoms with Crippen LogP contribution in [0.4, 0.5) is 0 Å². The Labute approximate surface area is 136 Å². The molecule has 0 aromatic heterocycles. The van der Waals surface area contributed by atoms with Crippen molar-refractivity contribution in [2.75, 3.05) is 0 Å². The first-order chi connectivity index (χ1) is 9.90. The summed E-state index contributed by atoms with van der Waals surface area (Å²) in [5, 5.41) is 18.7. The van der Waals surface area contributed by atoms with Gasteiger partial charge in [-0.3, -0.25) is 0 Å². The van der Waals surface area contributed by atoms with Crippen LogP contribution >= 0.6 is 34.8 Å². The first-order valence-corrected chi connectivity index (χ1v) is 6.85. The van der Waals surface area contributed by atoms with E-state index in [4.69, 9.17) is 49.6 Å². The molecule has 0 atom stereocenters. The van der Waals surface area contributed by atoms with Gasteiger partial charge in [0, 0.05) is 0 Å². The number of benzene rings is 2. The fourth-order valence-corrected chi connectivity index (χ4v) is 2.26. The van der Waals surface area contributed by atoms with Crippen LogP contribution in [0, 0.1) is 0 Å². The number of hydrogen-bond acceptors (Lipinski definition) is 4. The van der Waals surface area contributed by atoms with E-state index in [1.165, 1.54) is 30.3 Å². The molecule has 0 spiro atoms. The molecular formula is C13H8BCl3O4. The van der Waals surface area contributed by atoms with Crippen molar-refractivity contribution >= 4 is 53.4 Å². The maximum absolute atomic E-state index is 12.1. The maximum atomic E-state index is 12.1. The highest BCUT2D eigenvalue weighted by Gasteiger charge is 2.20. The van der Waals surface area contributed by atoms with Crippen LogP contribution < -0.4 is 10.2 Å². The molecule has 0 heterocycles. The Bertz CT molecular complexity index is 671. The number of esters is 1. The second kappa shape index (κ2) is 6.68. The molecule has 2 rings (SSSR count). The molecule has 2 aromatic carbocycles. The van der Waals surface area contributed by atoms with Gasteiger partial charge < -0.3 is 14.8 Å². The minimum atomic E-state index is -1.72. The second-order valence-corrected chi connectivity index (χ2v) is 5.27. The quantitative estimate of drug-likeness (QED) is 0.510. The van der Waals surface area contributed by atoms with Gasteiger partial charge in [0.25, 0.3) is 0 Å². The lowest BCUT2D eigenvalue weighted by molar-refractivity contribution is 0.0735. The van der Waals surface area contributed by atoms with Crippen molar-refractivity contribution in [1.29, 1.82) is 0 Å². The Morgan fingerprint density at radius 1 is 1.00 bits per heavy atom. The standard InChI is InChI=1S/C13H8BCl3O4/c15-9-5-4-7(14(19)20)6-8(9)13(18)21-12-10(16)2-1-3-11(12)17/h1-6,19-20H. The molecule has 0 amide bonds. The van der Waals surface area contributed by atoms with Gasteiger partial charge in [-0.25, -0.2) is 4.79 Å². The monoisotopic (exact) mass is 344 g/mol. The summed E-state index contributed by atoms with van der Waals surface area (Å²) in [6.45, 7) is 0. The van der Waals surface area contributed by atoms with E-state index in [9.17, 15) is 4.79 Å². The number of rotatable bonds is 3. The summed E-state index contributed by atoms with van der Waals surface area (Å²) in [6, 6.07) is 8.61. The summed E-state index contributed by atoms with van der Waals surface area (Å²) in [7, 11) is -1.72. The van der Waals surface area contributed by atoms with E-state index in [1.54, 1.807) is 6.07 Å². The van der Waals surface area contributed by atoms with Crippen LogP contribution in [0.2, 0.25) is 15.1 Å². The Morgan fingerprint density at radius 2 is 1.62 bits per heavy atom. The number of halogens is 3. The topological polar surface area (TPSA) is 66.8 Å². The first kappa shape index (κ1) is 16.1. The molecule has 0 saturated heterocycles. The zero-order valence-corrected chi connectivity index (χ0v) is 12.7. The Morgan fingerprint density at radius 3 is 2.19 bits per heavy atom. The molecule has 0 aliphatic carbocycles. The smallest absolute Gasteiger partial charge is 0.423 e. The highest BCUT2D eigenvalue weighted by Crippen LogP contribution is 2.33. The average Bonchev–Trinajstić information content (AvgIpc) is 2.43. The van der Waals surface area contributed by atoms with Crippen LogP contribution in [0.5, 0.6) is 5.75 Å². The lowest BCUT2D eigenvalue weighted by Crippen LogP contribution is -2.30. The summed E-state index contributed by atoms with van der Waals surface area (Å²) in [4.78, 5) is 12.1. The third kappa shape index (κ3) is 3.70. The largest absolute Gasteiger partial charge is 0.488 e. The SMILES string of the molecule is O=C(Oc1c(Cl)cccc1Cl)c1cc(B(O)O)ccc1Cl. The van der Waals surface area contributed by atoms with Crippen LogP contribution in [-0.2, 0) is 0 Å². The molecule has 21 heavy (non-hydrogen) atoms. The van der Waals surface area contributed by atoms with Crippen molar-refractivity contribution in [2.24, 2.45) is 0 Å². The molecular weight excluding hydrogens is 337 g/mol. The second-order valence-electron chi connectivity index (χ2n) is 4.05. The fourth-order valence-electron chi connectivity index (χ4n) is 1.59. The molecule has 0 bridgehead atoms. The predicted molar refractivity (Wildman–Crippen MR) is 82.7 cm³/mol. The molecule has 0 aliphatic rings. The van der Waals surface area contributed by atoms with Crippen molar-refractivity contribution in [1.82, 2.24) is 0 Å². The van der Waals surface area contributed by atoms with Gasteiger partial charge in [-0.2, -0.15) is 0 Å². The molecule has 108 valence electrons. The van der Waals surface area contributed by atoms with E-state index >= 15 is 0 Å². The third-order valence-electron chi connectivity index (χ3n) is 2.62. The van der Waals surface area contributed by atoms with Crippen molar-refractivity contribution in [3.05, 3.63) is 57.0 Å². The van der Waals surface area contributed by atoms with E-state index in [1.807, 2.05) is 0 Å². The molecule has 4 nitrogen and oxygen atoms in total. The maximum Gasteiger partial charge on any atom is 0.488 e. The lowest BCUT2D eigenvalue weighted by atomic mass is 9.79. The Kier molecular flexibility index (Phi) is 5.14. The molecule has 2 N–H and O–H groups in total. The Balaban J connectivity index is 2.35. The molecule has 0 unspecified atom stereocenters. The number of para-hydroxylation sites is 1. The number of hydrogen-bond donors (Lipinski definition) is 2. The minimum Gasteiger partial charge on any atom is -0.423 e. The summed E-state index contributed by atoms with van der Waals surface area (Å²) in [5.41, 5.74) is 0.0786. The van der Waals surface area contributed by atoms with Crippen LogP contribution in [0.25, 0.3) is 0 Å². The fraction of sp³-hybridized carbons (Fsp3) is 0. The van der Waals surface area contributed by atoms with Crippen molar-refractivity contribution in [2.45, 2.75) is 0 Å². The van der Waals surface area contributed by atoms with E-state index in [0.717, 1.165) is 0 Å². The summed E-state index contributed by atoms with van der Waals surface area (Å²) in [6.07, 6.45) is 0. The van der Waals surface area contributed by atoms with Crippen LogP contribution in [-0.4, -0.2) is 23.1 Å². The van der Waals surface area contributed by atoms with Crippen molar-refractivity contribution < 1.29 is 19.6 Å². The molecule has 0 fully saturated rings. The lowest BCUT2D eigenvalue weighted by Gasteiger charge is -2.10. The van der Waals surface area contributed by atoms with Crippen LogP contribution in [0.15, 0.2) is 36.4 Å². The molecule has 0 saturated carbocycles. The molecule has 8 heteroatoms. The summed E-state index contributed by atoms with van der Waals surface area (Å²) >= 11 is 17.7. The van der Waals surface area contributed by atoms with Gasteiger partial charge in [0.05, 0.1) is 20.6 Å². The van der Waals surface area contributed by atoms with Crippen LogP contribution in [0.3, 0.4) is 0 Å². The van der Waals surface area contributed by atoms with E-state index in [0.29, 0.717) is 0 Å². The predicted octanol–water partition coefficient (Wildman–Crippen LogP) is 2.55. The van der Waals surface area contributed by atoms with Gasteiger partial charge in [-0.1, -0.05) is 46.9 Å². The van der Waals surface area contributed by atoms with Crippen molar-refractivity contribution in [3.8, 4) is 5.75 Å². The summed E-state index contributed by atoms with van der Waals surface area (Å²) < 4.78 is 5.13. The summed E-state index contributed by atoms with van der Waals surface area (Å²) in [5.74, 6) is -0.797. The zero-order chi connectivity index (χ0) is 15.6.